The molecule has 0 fully saturated rings. The average molecular weight is 318 g/mol. The highest BCUT2D eigenvalue weighted by molar-refractivity contribution is 6.59. The number of rotatable bonds is 8. The molecule has 1 N–H and O–H groups in total. The molecule has 0 atom stereocenters. The molecule has 1 rings (SSSR count). The van der Waals surface area contributed by atoms with Crippen LogP contribution >= 0.6 is 0 Å². The quantitative estimate of drug-likeness (QED) is 0.743. The first-order valence-electron chi connectivity index (χ1n) is 7.24. The minimum absolute atomic E-state index is 0.136. The lowest BCUT2D eigenvalue weighted by Gasteiger charge is -2.28. The molecule has 0 unspecified atom stereocenters. The Morgan fingerprint density at radius 3 is 2.14 bits per heavy atom. The van der Waals surface area contributed by atoms with Crippen LogP contribution in [0.15, 0.2) is 18.2 Å². The maximum atomic E-state index is 13.5. The first kappa shape index (κ1) is 18.2. The Kier molecular flexibility index (Phi) is 6.93. The van der Waals surface area contributed by atoms with Gasteiger partial charge in [0, 0.05) is 24.3 Å². The van der Waals surface area contributed by atoms with Crippen LogP contribution in [0.5, 0.6) is 0 Å². The third-order valence-corrected chi connectivity index (χ3v) is 5.46. The largest absolute Gasteiger partial charge is 0.498 e. The summed E-state index contributed by atoms with van der Waals surface area (Å²) in [5.74, 6) is -1.15. The van der Waals surface area contributed by atoms with Crippen LogP contribution in [0, 0.1) is 11.6 Å². The molecular formula is C15H24F2O3Si. The molecule has 0 amide bonds. The molecule has 1 aromatic rings. The van der Waals surface area contributed by atoms with E-state index >= 15 is 0 Å². The fourth-order valence-electron chi connectivity index (χ4n) is 2.11. The predicted molar refractivity (Wildman–Crippen MR) is 79.9 cm³/mol. The van der Waals surface area contributed by atoms with Crippen molar-refractivity contribution in [2.45, 2.75) is 58.8 Å². The van der Waals surface area contributed by atoms with Crippen LogP contribution in [0.4, 0.5) is 8.78 Å². The van der Waals surface area contributed by atoms with Gasteiger partial charge in [0.1, 0.15) is 11.6 Å². The lowest BCUT2D eigenvalue weighted by molar-refractivity contribution is 0.0473. The zero-order valence-electron chi connectivity index (χ0n) is 13.0. The van der Waals surface area contributed by atoms with E-state index in [1.54, 1.807) is 0 Å². The highest BCUT2D eigenvalue weighted by Crippen LogP contribution is 2.20. The van der Waals surface area contributed by atoms with Gasteiger partial charge < -0.3 is 13.6 Å². The van der Waals surface area contributed by atoms with E-state index in [-0.39, 0.29) is 12.2 Å². The van der Waals surface area contributed by atoms with Crippen LogP contribution in [0.1, 0.15) is 39.7 Å². The van der Waals surface area contributed by atoms with E-state index in [0.717, 1.165) is 6.07 Å². The van der Waals surface area contributed by atoms with Crippen molar-refractivity contribution in [2.24, 2.45) is 0 Å². The molecule has 0 bridgehead atoms. The van der Waals surface area contributed by atoms with Gasteiger partial charge >= 0.3 is 8.80 Å². The standard InChI is InChI=1S/C15H24F2O3Si/c1-11(2)19-21(18,20-12(3)4)9-5-6-13-7-8-14(16)10-15(13)17/h7-8,10-12,18H,5-6,9H2,1-4H3. The summed E-state index contributed by atoms with van der Waals surface area (Å²) in [5.41, 5.74) is 0.432. The molecule has 0 aliphatic rings. The van der Waals surface area contributed by atoms with Crippen molar-refractivity contribution < 1.29 is 22.4 Å². The fraction of sp³-hybridized carbons (Fsp3) is 0.600. The minimum Gasteiger partial charge on any atom is -0.390 e. The van der Waals surface area contributed by atoms with Crippen molar-refractivity contribution in [2.75, 3.05) is 0 Å². The Hall–Kier alpha value is -0.823. The molecule has 0 aliphatic heterocycles. The van der Waals surface area contributed by atoms with E-state index < -0.39 is 20.4 Å². The molecule has 0 saturated carbocycles. The maximum absolute atomic E-state index is 13.5. The smallest absolute Gasteiger partial charge is 0.390 e. The number of hydrogen-bond acceptors (Lipinski definition) is 3. The summed E-state index contributed by atoms with van der Waals surface area (Å²) in [6.07, 6.45) is 0.653. The van der Waals surface area contributed by atoms with Crippen molar-refractivity contribution in [3.8, 4) is 0 Å². The molecule has 0 radical (unpaired) electrons. The lowest BCUT2D eigenvalue weighted by atomic mass is 10.1. The summed E-state index contributed by atoms with van der Waals surface area (Å²) >= 11 is 0. The van der Waals surface area contributed by atoms with Crippen molar-refractivity contribution in [1.82, 2.24) is 0 Å². The summed E-state index contributed by atoms with van der Waals surface area (Å²) in [4.78, 5) is 10.5. The topological polar surface area (TPSA) is 38.7 Å². The van der Waals surface area contributed by atoms with Crippen molar-refractivity contribution >= 4 is 8.80 Å². The molecule has 0 aliphatic carbocycles. The Morgan fingerprint density at radius 2 is 1.67 bits per heavy atom. The highest BCUT2D eigenvalue weighted by Gasteiger charge is 2.38. The van der Waals surface area contributed by atoms with Crippen LogP contribution < -0.4 is 0 Å². The summed E-state index contributed by atoms with van der Waals surface area (Å²) < 4.78 is 37.5. The average Bonchev–Trinajstić information content (AvgIpc) is 2.29. The first-order chi connectivity index (χ1) is 9.72. The summed E-state index contributed by atoms with van der Waals surface area (Å²) in [6, 6.07) is 3.88. The van der Waals surface area contributed by atoms with Crippen LogP contribution in [0.2, 0.25) is 6.04 Å². The van der Waals surface area contributed by atoms with Crippen LogP contribution in [0.3, 0.4) is 0 Å². The van der Waals surface area contributed by atoms with Gasteiger partial charge in [0.25, 0.3) is 0 Å². The number of halogens is 2. The molecular weight excluding hydrogens is 294 g/mol. The van der Waals surface area contributed by atoms with Crippen LogP contribution in [0.25, 0.3) is 0 Å². The molecule has 1 aromatic carbocycles. The van der Waals surface area contributed by atoms with E-state index in [2.05, 4.69) is 0 Å². The number of aryl methyl sites for hydroxylation is 1. The first-order valence-corrected chi connectivity index (χ1v) is 9.21. The Bertz CT molecular complexity index is 443. The summed E-state index contributed by atoms with van der Waals surface area (Å²) in [6.45, 7) is 7.34. The van der Waals surface area contributed by atoms with E-state index in [0.29, 0.717) is 24.4 Å². The molecule has 0 saturated heterocycles. The molecule has 6 heteroatoms. The lowest BCUT2D eigenvalue weighted by Crippen LogP contribution is -2.46. The van der Waals surface area contributed by atoms with Gasteiger partial charge in [-0.15, -0.1) is 0 Å². The zero-order chi connectivity index (χ0) is 16.0. The van der Waals surface area contributed by atoms with Gasteiger partial charge in [-0.1, -0.05) is 6.07 Å². The van der Waals surface area contributed by atoms with Gasteiger partial charge in [-0.3, -0.25) is 0 Å². The second kappa shape index (κ2) is 7.98. The number of benzene rings is 1. The number of hydrogen-bond donors (Lipinski definition) is 1. The van der Waals surface area contributed by atoms with Crippen molar-refractivity contribution in [3.05, 3.63) is 35.4 Å². The van der Waals surface area contributed by atoms with E-state index in [1.807, 2.05) is 27.7 Å². The SMILES string of the molecule is CC(C)O[Si](O)(CCCc1ccc(F)cc1F)OC(C)C. The van der Waals surface area contributed by atoms with Gasteiger partial charge in [0.05, 0.1) is 0 Å². The summed E-state index contributed by atoms with van der Waals surface area (Å²) in [5, 5.41) is 0. The Labute approximate surface area is 126 Å². The third-order valence-electron chi connectivity index (χ3n) is 2.79. The molecule has 3 nitrogen and oxygen atoms in total. The van der Waals surface area contributed by atoms with Crippen LogP contribution in [-0.2, 0) is 15.3 Å². The van der Waals surface area contributed by atoms with Gasteiger partial charge in [0.2, 0.25) is 0 Å². The van der Waals surface area contributed by atoms with Crippen LogP contribution in [-0.4, -0.2) is 25.8 Å². The molecule has 0 aromatic heterocycles. The minimum atomic E-state index is -3.25. The Morgan fingerprint density at radius 1 is 1.10 bits per heavy atom. The highest BCUT2D eigenvalue weighted by atomic mass is 28.4. The van der Waals surface area contributed by atoms with E-state index in [4.69, 9.17) is 8.85 Å². The third kappa shape index (κ3) is 6.65. The van der Waals surface area contributed by atoms with E-state index in [1.165, 1.54) is 12.1 Å². The van der Waals surface area contributed by atoms with Crippen molar-refractivity contribution in [3.63, 3.8) is 0 Å². The predicted octanol–water partition coefficient (Wildman–Crippen LogP) is 3.68. The second-order valence-electron chi connectivity index (χ2n) is 5.64. The monoisotopic (exact) mass is 318 g/mol. The zero-order valence-corrected chi connectivity index (χ0v) is 14.0. The molecule has 21 heavy (non-hydrogen) atoms. The van der Waals surface area contributed by atoms with Gasteiger partial charge in [-0.25, -0.2) is 8.78 Å². The molecule has 0 spiro atoms. The maximum Gasteiger partial charge on any atom is 0.498 e. The fourth-order valence-corrected chi connectivity index (χ4v) is 4.50. The van der Waals surface area contributed by atoms with E-state index in [9.17, 15) is 13.6 Å². The van der Waals surface area contributed by atoms with Gasteiger partial charge in [-0.2, -0.15) is 0 Å². The molecule has 120 valence electrons. The molecule has 0 heterocycles. The normalized spacial score (nSPS) is 12.4. The van der Waals surface area contributed by atoms with Gasteiger partial charge in [0.15, 0.2) is 0 Å². The second-order valence-corrected chi connectivity index (χ2v) is 8.03. The van der Waals surface area contributed by atoms with Crippen molar-refractivity contribution in [1.29, 1.82) is 0 Å². The Balaban J connectivity index is 2.60. The van der Waals surface area contributed by atoms with Gasteiger partial charge in [-0.05, 0) is 52.2 Å². The summed E-state index contributed by atoms with van der Waals surface area (Å²) in [7, 11) is -3.25.